The molecule has 2 fully saturated rings. The number of nitrogens with one attached hydrogen (secondary N) is 2. The summed E-state index contributed by atoms with van der Waals surface area (Å²) in [6.07, 6.45) is 7.66. The Morgan fingerprint density at radius 1 is 1.16 bits per heavy atom. The first-order chi connectivity index (χ1) is 12.3. The summed E-state index contributed by atoms with van der Waals surface area (Å²) < 4.78 is 16.5. The first-order valence-electron chi connectivity index (χ1n) is 10.00. The van der Waals surface area contributed by atoms with Crippen molar-refractivity contribution in [1.29, 1.82) is 0 Å². The Kier molecular flexibility index (Phi) is 8.99. The van der Waals surface area contributed by atoms with Crippen molar-refractivity contribution in [2.75, 3.05) is 46.6 Å². The van der Waals surface area contributed by atoms with Crippen molar-refractivity contribution in [3.05, 3.63) is 0 Å². The first-order valence-corrected chi connectivity index (χ1v) is 10.00. The summed E-state index contributed by atoms with van der Waals surface area (Å²) in [5.74, 6) is 0.936. The van der Waals surface area contributed by atoms with Gasteiger partial charge in [-0.25, -0.2) is 0 Å². The van der Waals surface area contributed by atoms with E-state index in [1.165, 1.54) is 25.7 Å². The van der Waals surface area contributed by atoms with Crippen molar-refractivity contribution in [2.45, 2.75) is 64.5 Å². The van der Waals surface area contributed by atoms with Crippen LogP contribution in [-0.4, -0.2) is 64.7 Å². The molecular weight excluding hydrogens is 318 g/mol. The van der Waals surface area contributed by atoms with Crippen LogP contribution in [0, 0.1) is 5.41 Å². The molecule has 1 spiro atoms. The molecule has 0 radical (unpaired) electrons. The van der Waals surface area contributed by atoms with E-state index < -0.39 is 0 Å². The molecule has 2 N–H and O–H groups in total. The zero-order valence-corrected chi connectivity index (χ0v) is 16.3. The van der Waals surface area contributed by atoms with Gasteiger partial charge in [-0.15, -0.1) is 0 Å². The van der Waals surface area contributed by atoms with Gasteiger partial charge in [0.15, 0.2) is 5.96 Å². The van der Waals surface area contributed by atoms with Gasteiger partial charge in [-0.1, -0.05) is 12.8 Å². The molecule has 2 rings (SSSR count). The van der Waals surface area contributed by atoms with Crippen molar-refractivity contribution < 1.29 is 14.2 Å². The van der Waals surface area contributed by atoms with Crippen LogP contribution in [0.25, 0.3) is 0 Å². The van der Waals surface area contributed by atoms with Crippen LogP contribution in [0.2, 0.25) is 0 Å². The molecule has 0 aromatic heterocycles. The maximum atomic E-state index is 6.01. The van der Waals surface area contributed by atoms with Crippen LogP contribution in [0.1, 0.15) is 52.4 Å². The van der Waals surface area contributed by atoms with Crippen molar-refractivity contribution in [2.24, 2.45) is 10.4 Å². The lowest BCUT2D eigenvalue weighted by molar-refractivity contribution is -0.125. The van der Waals surface area contributed by atoms with Crippen molar-refractivity contribution >= 4 is 5.96 Å². The van der Waals surface area contributed by atoms with Gasteiger partial charge in [-0.2, -0.15) is 0 Å². The molecule has 0 bridgehead atoms. The smallest absolute Gasteiger partial charge is 0.191 e. The van der Waals surface area contributed by atoms with Crippen LogP contribution >= 0.6 is 0 Å². The van der Waals surface area contributed by atoms with Crippen molar-refractivity contribution in [1.82, 2.24) is 10.6 Å². The normalized spacial score (nSPS) is 25.2. The number of hydrogen-bond donors (Lipinski definition) is 2. The van der Waals surface area contributed by atoms with Crippen molar-refractivity contribution in [3.63, 3.8) is 0 Å². The number of hydrogen-bond acceptors (Lipinski definition) is 4. The molecule has 0 saturated heterocycles. The molecular formula is C19H37N3O3. The van der Waals surface area contributed by atoms with E-state index in [9.17, 15) is 0 Å². The summed E-state index contributed by atoms with van der Waals surface area (Å²) >= 11 is 0. The van der Waals surface area contributed by atoms with Crippen LogP contribution < -0.4 is 10.6 Å². The topological polar surface area (TPSA) is 64.1 Å². The Hall–Kier alpha value is -0.850. The number of aliphatic imine (C=N–C) groups is 1. The largest absolute Gasteiger partial charge is 0.382 e. The van der Waals surface area contributed by atoms with E-state index in [2.05, 4.69) is 24.5 Å². The highest BCUT2D eigenvalue weighted by molar-refractivity contribution is 5.80. The molecule has 0 heterocycles. The van der Waals surface area contributed by atoms with Gasteiger partial charge >= 0.3 is 0 Å². The minimum absolute atomic E-state index is 0.329. The molecule has 2 aliphatic carbocycles. The van der Waals surface area contributed by atoms with E-state index in [1.54, 1.807) is 7.11 Å². The first kappa shape index (κ1) is 20.5. The highest BCUT2D eigenvalue weighted by Crippen LogP contribution is 2.54. The molecule has 2 aliphatic rings. The van der Waals surface area contributed by atoms with Crippen LogP contribution in [0.15, 0.2) is 4.99 Å². The summed E-state index contributed by atoms with van der Waals surface area (Å²) in [5.41, 5.74) is 0.329. The maximum absolute atomic E-state index is 6.01. The summed E-state index contributed by atoms with van der Waals surface area (Å²) in [4.78, 5) is 4.72. The summed E-state index contributed by atoms with van der Waals surface area (Å²) in [7, 11) is 1.69. The third-order valence-electron chi connectivity index (χ3n) is 5.49. The standard InChI is InChI=1S/C19H37N3O3/c1-4-20-18(21-11-8-12-24-14-13-23-3)22-16-15-17(25-5-2)19(16)9-6-7-10-19/h16-17H,4-15H2,1-3H3,(H2,20,21,22). The molecule has 2 saturated carbocycles. The number of methoxy groups -OCH3 is 1. The average molecular weight is 356 g/mol. The zero-order chi connectivity index (χ0) is 18.0. The van der Waals surface area contributed by atoms with Gasteiger partial charge in [-0.3, -0.25) is 4.99 Å². The zero-order valence-electron chi connectivity index (χ0n) is 16.3. The predicted octanol–water partition coefficient (Wildman–Crippen LogP) is 2.33. The summed E-state index contributed by atoms with van der Waals surface area (Å²) in [6, 6.07) is 0.488. The second-order valence-corrected chi connectivity index (χ2v) is 7.04. The van der Waals surface area contributed by atoms with E-state index in [0.717, 1.165) is 45.1 Å². The van der Waals surface area contributed by atoms with E-state index in [0.29, 0.717) is 30.8 Å². The Morgan fingerprint density at radius 2 is 1.96 bits per heavy atom. The predicted molar refractivity (Wildman–Crippen MR) is 101 cm³/mol. The van der Waals surface area contributed by atoms with Crippen LogP contribution in [-0.2, 0) is 14.2 Å². The molecule has 146 valence electrons. The third-order valence-corrected chi connectivity index (χ3v) is 5.49. The fourth-order valence-electron chi connectivity index (χ4n) is 4.18. The third kappa shape index (κ3) is 5.56. The minimum atomic E-state index is 0.329. The van der Waals surface area contributed by atoms with Gasteiger partial charge in [0.2, 0.25) is 0 Å². The summed E-state index contributed by atoms with van der Waals surface area (Å²) in [6.45, 7) is 8.72. The highest BCUT2D eigenvalue weighted by Gasteiger charge is 2.56. The van der Waals surface area contributed by atoms with Gasteiger partial charge in [0.05, 0.1) is 19.3 Å². The lowest BCUT2D eigenvalue weighted by Crippen LogP contribution is -2.65. The average Bonchev–Trinajstić information content (AvgIpc) is 3.13. The lowest BCUT2D eigenvalue weighted by atomic mass is 9.60. The van der Waals surface area contributed by atoms with E-state index in [1.807, 2.05) is 0 Å². The molecule has 2 atom stereocenters. The SMILES string of the molecule is CCNC(=NCCCOCCOC)NC1CC(OCC)C12CCCC2. The van der Waals surface area contributed by atoms with Gasteiger partial charge in [0, 0.05) is 44.9 Å². The molecule has 0 aromatic carbocycles. The van der Waals surface area contributed by atoms with Gasteiger partial charge in [-0.05, 0) is 39.5 Å². The van der Waals surface area contributed by atoms with Gasteiger partial charge < -0.3 is 24.8 Å². The summed E-state index contributed by atoms with van der Waals surface area (Å²) in [5, 5.41) is 7.07. The van der Waals surface area contributed by atoms with E-state index in [-0.39, 0.29) is 0 Å². The Bertz CT molecular complexity index is 397. The van der Waals surface area contributed by atoms with Crippen molar-refractivity contribution in [3.8, 4) is 0 Å². The monoisotopic (exact) mass is 355 g/mol. The number of rotatable bonds is 11. The Balaban J connectivity index is 1.79. The molecule has 25 heavy (non-hydrogen) atoms. The molecule has 0 aliphatic heterocycles. The van der Waals surface area contributed by atoms with E-state index in [4.69, 9.17) is 19.2 Å². The number of guanidine groups is 1. The fraction of sp³-hybridized carbons (Fsp3) is 0.947. The quantitative estimate of drug-likeness (QED) is 0.338. The van der Waals surface area contributed by atoms with Gasteiger partial charge in [0.1, 0.15) is 0 Å². The second-order valence-electron chi connectivity index (χ2n) is 7.04. The second kappa shape index (κ2) is 11.0. The Labute approximate surface area is 153 Å². The molecule has 6 nitrogen and oxygen atoms in total. The maximum Gasteiger partial charge on any atom is 0.191 e. The van der Waals surface area contributed by atoms with Crippen LogP contribution in [0.3, 0.4) is 0 Å². The number of nitrogens with zero attached hydrogens (tertiary/aromatic N) is 1. The molecule has 6 heteroatoms. The number of ether oxygens (including phenoxy) is 3. The van der Waals surface area contributed by atoms with Gasteiger partial charge in [0.25, 0.3) is 0 Å². The minimum Gasteiger partial charge on any atom is -0.382 e. The highest BCUT2D eigenvalue weighted by atomic mass is 16.5. The van der Waals surface area contributed by atoms with E-state index >= 15 is 0 Å². The molecule has 2 unspecified atom stereocenters. The van der Waals surface area contributed by atoms with Crippen LogP contribution in [0.5, 0.6) is 0 Å². The molecule has 0 amide bonds. The Morgan fingerprint density at radius 3 is 2.64 bits per heavy atom. The fourth-order valence-corrected chi connectivity index (χ4v) is 4.18. The van der Waals surface area contributed by atoms with Crippen LogP contribution in [0.4, 0.5) is 0 Å². The lowest BCUT2D eigenvalue weighted by Gasteiger charge is -2.54. The molecule has 0 aromatic rings.